The van der Waals surface area contributed by atoms with Gasteiger partial charge in [0.05, 0.1) is 0 Å². The van der Waals surface area contributed by atoms with E-state index in [0.29, 0.717) is 110 Å². The van der Waals surface area contributed by atoms with Gasteiger partial charge in [0.15, 0.2) is 0 Å². The number of carbonyl (C=O) groups is 8. The lowest BCUT2D eigenvalue weighted by Gasteiger charge is -2.35. The van der Waals surface area contributed by atoms with Gasteiger partial charge in [-0.3, -0.25) is 58.0 Å². The van der Waals surface area contributed by atoms with E-state index >= 15 is 0 Å². The molecular formula is C76H70Br6N4O8. The molecule has 4 aliphatic heterocycles. The van der Waals surface area contributed by atoms with Gasteiger partial charge in [0.2, 0.25) is 0 Å². The molecule has 0 spiro atoms. The monoisotopic (exact) mass is 1640 g/mol. The topological polar surface area (TPSA) is 150 Å². The lowest BCUT2D eigenvalue weighted by Crippen LogP contribution is -2.47. The molecule has 0 fully saturated rings. The fourth-order valence-electron chi connectivity index (χ4n) is 16.1. The summed E-state index contributed by atoms with van der Waals surface area (Å²) in [6.07, 6.45) is 13.5. The lowest BCUT2D eigenvalue weighted by molar-refractivity contribution is 0.0508. The highest BCUT2D eigenvalue weighted by molar-refractivity contribution is 9.11. The number of fused-ring (bicyclic) bond motifs is 4. The summed E-state index contributed by atoms with van der Waals surface area (Å²) in [7, 11) is 0. The minimum atomic E-state index is -0.282. The van der Waals surface area contributed by atoms with Gasteiger partial charge in [0.25, 0.3) is 47.3 Å². The molecule has 94 heavy (non-hydrogen) atoms. The maximum atomic E-state index is 14.3. The number of nitrogens with zero attached hydrogens (tertiary/aromatic N) is 4. The Morgan fingerprint density at radius 1 is 0.255 bits per heavy atom. The average Bonchev–Trinajstić information content (AvgIpc) is 0.685. The predicted molar refractivity (Wildman–Crippen MR) is 398 cm³/mol. The Labute approximate surface area is 596 Å². The summed E-state index contributed by atoms with van der Waals surface area (Å²) in [5, 5.41) is 12.5. The summed E-state index contributed by atoms with van der Waals surface area (Å²) in [5.74, 6) is -2.15. The summed E-state index contributed by atoms with van der Waals surface area (Å²) < 4.78 is 4.26. The van der Waals surface area contributed by atoms with Crippen molar-refractivity contribution < 1.29 is 38.4 Å². The molecule has 0 saturated carbocycles. The second kappa shape index (κ2) is 25.9. The molecule has 0 aliphatic carbocycles. The largest absolute Gasteiger partial charge is 0.271 e. The molecule has 4 atom stereocenters. The maximum Gasteiger partial charge on any atom is 0.261 e. The van der Waals surface area contributed by atoms with Crippen LogP contribution in [-0.2, 0) is 0 Å². The molecule has 12 nitrogen and oxygen atoms in total. The zero-order valence-corrected chi connectivity index (χ0v) is 63.2. The van der Waals surface area contributed by atoms with Crippen molar-refractivity contribution >= 4 is 229 Å². The van der Waals surface area contributed by atoms with Crippen molar-refractivity contribution in [1.29, 1.82) is 0 Å². The number of amides is 8. The molecule has 18 heteroatoms. The summed E-state index contributed by atoms with van der Waals surface area (Å²) in [6, 6.07) is 18.0. The van der Waals surface area contributed by atoms with Crippen LogP contribution in [0.25, 0.3) is 86.2 Å². The normalized spacial score (nSPS) is 16.1. The minimum Gasteiger partial charge on any atom is -0.271 e. The third-order valence-corrected chi connectivity index (χ3v) is 24.4. The molecular weight excluding hydrogens is 1580 g/mol. The van der Waals surface area contributed by atoms with E-state index in [9.17, 15) is 38.4 Å². The van der Waals surface area contributed by atoms with Crippen molar-refractivity contribution in [3.05, 3.63) is 132 Å². The Morgan fingerprint density at radius 3 is 0.681 bits per heavy atom. The van der Waals surface area contributed by atoms with Gasteiger partial charge in [-0.2, -0.15) is 0 Å². The van der Waals surface area contributed by atoms with Crippen LogP contribution in [0.4, 0.5) is 0 Å². The van der Waals surface area contributed by atoms with Gasteiger partial charge in [0.1, 0.15) is 0 Å². The van der Waals surface area contributed by atoms with Crippen LogP contribution in [0.2, 0.25) is 0 Å². The van der Waals surface area contributed by atoms with Crippen LogP contribution in [0.3, 0.4) is 0 Å². The molecule has 4 aliphatic rings. The molecule has 0 saturated heterocycles. The number of carbonyl (C=O) groups excluding carboxylic acids is 8. The van der Waals surface area contributed by atoms with Crippen LogP contribution < -0.4 is 0 Å². The van der Waals surface area contributed by atoms with E-state index in [0.717, 1.165) is 151 Å². The molecule has 484 valence electrons. The molecule has 10 aromatic carbocycles. The Bertz CT molecular complexity index is 4590. The van der Waals surface area contributed by atoms with E-state index < -0.39 is 0 Å². The molecule has 10 aromatic rings. The van der Waals surface area contributed by atoms with Gasteiger partial charge < -0.3 is 0 Å². The quantitative estimate of drug-likeness (QED) is 0.0416. The minimum absolute atomic E-state index is 0.153. The highest BCUT2D eigenvalue weighted by Gasteiger charge is 2.45. The molecule has 0 bridgehead atoms. The summed E-state index contributed by atoms with van der Waals surface area (Å²) in [4.78, 5) is 119. The SMILES string of the molecule is CCCCC(CC)N1C(=O)c2cc(Br)c3c4c(Br)cc5c6c(cc(Br)c(c7c(Br)cc(c2c37)C1=O)c64)C(=O)N(C(CC)CCCC)C5=O.CCCCC(CC)N1C(=O)c2ccc3c4c(Br)cc5c6c(cc(Br)c(c7ccc(c2c37)C1=O)c64)C(=O)N(C(CC)CCCC)C5=O. The van der Waals surface area contributed by atoms with Gasteiger partial charge >= 0.3 is 0 Å². The van der Waals surface area contributed by atoms with Gasteiger partial charge in [0, 0.05) is 166 Å². The fourth-order valence-corrected chi connectivity index (χ4v) is 19.8. The van der Waals surface area contributed by atoms with E-state index in [-0.39, 0.29) is 71.4 Å². The highest BCUT2D eigenvalue weighted by atomic mass is 79.9. The summed E-state index contributed by atoms with van der Waals surface area (Å²) in [6.45, 7) is 16.6. The van der Waals surface area contributed by atoms with Crippen molar-refractivity contribution in [2.45, 2.75) is 182 Å². The van der Waals surface area contributed by atoms with Crippen LogP contribution in [-0.4, -0.2) is 91.0 Å². The van der Waals surface area contributed by atoms with Crippen LogP contribution in [0.1, 0.15) is 241 Å². The zero-order chi connectivity index (χ0) is 66.9. The first kappa shape index (κ1) is 66.8. The fraction of sp³-hybridized carbons (Fsp3) is 0.368. The van der Waals surface area contributed by atoms with Gasteiger partial charge in [-0.15, -0.1) is 0 Å². The van der Waals surface area contributed by atoms with Crippen molar-refractivity contribution in [2.24, 2.45) is 0 Å². The molecule has 14 rings (SSSR count). The number of rotatable bonds is 20. The van der Waals surface area contributed by atoms with Crippen molar-refractivity contribution in [1.82, 2.24) is 19.6 Å². The van der Waals surface area contributed by atoms with Crippen LogP contribution in [0.5, 0.6) is 0 Å². The lowest BCUT2D eigenvalue weighted by atomic mass is 9.81. The van der Waals surface area contributed by atoms with E-state index in [1.807, 2.05) is 88.4 Å². The molecule has 0 N–H and O–H groups in total. The summed E-state index contributed by atoms with van der Waals surface area (Å²) >= 11 is 23.0. The Balaban J connectivity index is 0.000000171. The van der Waals surface area contributed by atoms with Crippen LogP contribution in [0.15, 0.2) is 87.5 Å². The number of unbranched alkanes of at least 4 members (excludes halogenated alkanes) is 4. The number of imide groups is 4. The molecule has 4 heterocycles. The van der Waals surface area contributed by atoms with E-state index in [1.165, 1.54) is 19.6 Å². The number of hydrogen-bond donors (Lipinski definition) is 0. The van der Waals surface area contributed by atoms with E-state index in [4.69, 9.17) is 0 Å². The third kappa shape index (κ3) is 9.85. The van der Waals surface area contributed by atoms with Crippen molar-refractivity contribution in [3.8, 4) is 0 Å². The van der Waals surface area contributed by atoms with E-state index in [2.05, 4.69) is 123 Å². The Morgan fingerprint density at radius 2 is 0.457 bits per heavy atom. The first-order valence-electron chi connectivity index (χ1n) is 33.3. The Hall–Kier alpha value is -5.76. The predicted octanol–water partition coefficient (Wildman–Crippen LogP) is 22.3. The van der Waals surface area contributed by atoms with Crippen molar-refractivity contribution in [2.75, 3.05) is 0 Å². The number of hydrogen-bond acceptors (Lipinski definition) is 8. The van der Waals surface area contributed by atoms with Gasteiger partial charge in [-0.25, -0.2) is 0 Å². The second-order valence-electron chi connectivity index (χ2n) is 25.7. The summed E-state index contributed by atoms with van der Waals surface area (Å²) in [5.41, 5.74) is 4.03. The van der Waals surface area contributed by atoms with E-state index in [1.54, 1.807) is 0 Å². The van der Waals surface area contributed by atoms with Crippen LogP contribution >= 0.6 is 95.6 Å². The molecule has 0 aromatic heterocycles. The standard InChI is InChI=1S/C38H34Br4N2O4.C38H36Br2N2O4/c1-5-9-11-17(7-3)43-35(45)19-13-23(39)29-31-25(41)15-21-28-22(38(48)44(37(21)47)18(8-4)12-10-6-2)16-26(42)32(34(28)31)30-24(40)14-20(36(43)46)27(19)33(29)30;1-5-9-11-19(7-3)41-35(43)23-15-13-21-29-22(14-16-24(30(23)29)36(41)44)33-28(40)18-26-31-25(17-27(39)32(21)34(31)33)37(45)42(38(26)46)20(8-4)12-10-6-2/h13-18H,5-12H2,1-4H3;13-20H,5-12H2,1-4H3. The number of benzene rings is 10. The highest BCUT2D eigenvalue weighted by Crippen LogP contribution is 2.56. The maximum absolute atomic E-state index is 14.3. The van der Waals surface area contributed by atoms with Gasteiger partial charge in [-0.05, 0) is 116 Å². The van der Waals surface area contributed by atoms with Crippen molar-refractivity contribution in [3.63, 3.8) is 0 Å². The zero-order valence-electron chi connectivity index (χ0n) is 53.7. The molecule has 4 unspecified atom stereocenters. The van der Waals surface area contributed by atoms with Crippen LogP contribution in [0, 0.1) is 0 Å². The first-order chi connectivity index (χ1) is 45.2. The molecule has 0 radical (unpaired) electrons. The third-order valence-electron chi connectivity index (χ3n) is 20.6. The Kier molecular flexibility index (Phi) is 18.4. The first-order valence-corrected chi connectivity index (χ1v) is 38.1. The average molecular weight is 1650 g/mol. The second-order valence-corrected chi connectivity index (χ2v) is 30.9. The van der Waals surface area contributed by atoms with Gasteiger partial charge in [-0.1, -0.05) is 214 Å². The molecule has 8 amide bonds. The smallest absolute Gasteiger partial charge is 0.261 e. The number of halogens is 6.